The molecule has 0 atom stereocenters. The van der Waals surface area contributed by atoms with Crippen molar-refractivity contribution in [2.24, 2.45) is 0 Å². The Morgan fingerprint density at radius 1 is 0.524 bits per heavy atom. The summed E-state index contributed by atoms with van der Waals surface area (Å²) in [6.07, 6.45) is 16.4. The molecular formula is C18H40O2Sn. The minimum atomic E-state index is -2.68. The summed E-state index contributed by atoms with van der Waals surface area (Å²) >= 11 is -2.68. The second kappa shape index (κ2) is 15.6. The zero-order valence-corrected chi connectivity index (χ0v) is 18.1. The van der Waals surface area contributed by atoms with Crippen molar-refractivity contribution >= 4 is 19.2 Å². The van der Waals surface area contributed by atoms with Crippen LogP contribution in [0.1, 0.15) is 90.9 Å². The van der Waals surface area contributed by atoms with E-state index < -0.39 is 19.2 Å². The van der Waals surface area contributed by atoms with Gasteiger partial charge in [0.1, 0.15) is 0 Å². The predicted octanol–water partition coefficient (Wildman–Crippen LogP) is 6.44. The first-order valence-electron chi connectivity index (χ1n) is 9.35. The molecule has 0 radical (unpaired) electrons. The van der Waals surface area contributed by atoms with Crippen molar-refractivity contribution in [3.63, 3.8) is 0 Å². The van der Waals surface area contributed by atoms with Crippen LogP contribution in [0.3, 0.4) is 0 Å². The summed E-state index contributed by atoms with van der Waals surface area (Å²) in [4.78, 5) is 0. The molecule has 128 valence electrons. The Morgan fingerprint density at radius 2 is 0.857 bits per heavy atom. The van der Waals surface area contributed by atoms with Crippen molar-refractivity contribution in [2.75, 3.05) is 14.2 Å². The predicted molar refractivity (Wildman–Crippen MR) is 96.1 cm³/mol. The molecule has 21 heavy (non-hydrogen) atoms. The van der Waals surface area contributed by atoms with Crippen molar-refractivity contribution in [1.29, 1.82) is 0 Å². The number of unbranched alkanes of at least 4 members (excludes halogenated alkanes) is 10. The summed E-state index contributed by atoms with van der Waals surface area (Å²) in [5, 5.41) is 0. The second-order valence-electron chi connectivity index (χ2n) is 6.35. The van der Waals surface area contributed by atoms with Gasteiger partial charge in [-0.3, -0.25) is 0 Å². The molecule has 0 N–H and O–H groups in total. The van der Waals surface area contributed by atoms with E-state index in [2.05, 4.69) is 13.8 Å². The average Bonchev–Trinajstić information content (AvgIpc) is 2.52. The van der Waals surface area contributed by atoms with Crippen molar-refractivity contribution in [2.45, 2.75) is 99.8 Å². The molecule has 0 saturated heterocycles. The van der Waals surface area contributed by atoms with E-state index >= 15 is 0 Å². The zero-order chi connectivity index (χ0) is 15.8. The van der Waals surface area contributed by atoms with E-state index in [0.717, 1.165) is 0 Å². The molecule has 0 aliphatic rings. The van der Waals surface area contributed by atoms with E-state index in [1.165, 1.54) is 85.9 Å². The fourth-order valence-corrected chi connectivity index (χ4v) is 11.0. The topological polar surface area (TPSA) is 18.5 Å². The van der Waals surface area contributed by atoms with E-state index in [9.17, 15) is 0 Å². The van der Waals surface area contributed by atoms with Crippen molar-refractivity contribution in [3.05, 3.63) is 0 Å². The van der Waals surface area contributed by atoms with Crippen LogP contribution in [0, 0.1) is 0 Å². The van der Waals surface area contributed by atoms with Crippen LogP contribution >= 0.6 is 0 Å². The van der Waals surface area contributed by atoms with Crippen molar-refractivity contribution in [1.82, 2.24) is 0 Å². The Kier molecular flexibility index (Phi) is 16.1. The summed E-state index contributed by atoms with van der Waals surface area (Å²) < 4.78 is 14.4. The summed E-state index contributed by atoms with van der Waals surface area (Å²) in [6.45, 7) is 4.55. The number of hydrogen-bond acceptors (Lipinski definition) is 2. The third kappa shape index (κ3) is 11.9. The molecule has 0 bridgehead atoms. The molecule has 0 aliphatic carbocycles. The molecule has 0 aliphatic heterocycles. The molecule has 0 spiro atoms. The molecule has 0 unspecified atom stereocenters. The third-order valence-electron chi connectivity index (χ3n) is 4.57. The first-order chi connectivity index (χ1) is 10.2. The fourth-order valence-electron chi connectivity index (χ4n) is 2.97. The van der Waals surface area contributed by atoms with Crippen LogP contribution in [0.15, 0.2) is 0 Å². The van der Waals surface area contributed by atoms with Crippen LogP contribution in [0.2, 0.25) is 8.87 Å². The van der Waals surface area contributed by atoms with Gasteiger partial charge in [0, 0.05) is 0 Å². The van der Waals surface area contributed by atoms with E-state index in [-0.39, 0.29) is 0 Å². The van der Waals surface area contributed by atoms with Gasteiger partial charge in [0.2, 0.25) is 0 Å². The summed E-state index contributed by atoms with van der Waals surface area (Å²) in [7, 11) is 3.79. The van der Waals surface area contributed by atoms with Crippen LogP contribution in [0.5, 0.6) is 0 Å². The Hall–Kier alpha value is 0.719. The summed E-state index contributed by atoms with van der Waals surface area (Å²) in [5.41, 5.74) is 0. The molecule has 2 nitrogen and oxygen atoms in total. The van der Waals surface area contributed by atoms with E-state index in [1.807, 2.05) is 14.2 Å². The third-order valence-corrected chi connectivity index (χ3v) is 15.2. The molecule has 0 aromatic carbocycles. The maximum atomic E-state index is 5.93. The van der Waals surface area contributed by atoms with Gasteiger partial charge in [0.05, 0.1) is 0 Å². The average molecular weight is 407 g/mol. The molecular weight excluding hydrogens is 367 g/mol. The quantitative estimate of drug-likeness (QED) is 0.217. The standard InChI is InChI=1S/2C8H17.2CH3O.Sn/c2*1-3-5-7-8-6-4-2;2*1-2;/h2*1,3-8H2,2H3;2*1H3;/q;;2*-1;+2. The first-order valence-corrected chi connectivity index (χ1v) is 15.7. The van der Waals surface area contributed by atoms with Gasteiger partial charge < -0.3 is 0 Å². The summed E-state index contributed by atoms with van der Waals surface area (Å²) in [6, 6.07) is 0. The first kappa shape index (κ1) is 21.7. The monoisotopic (exact) mass is 408 g/mol. The van der Waals surface area contributed by atoms with Crippen LogP contribution < -0.4 is 0 Å². The van der Waals surface area contributed by atoms with Gasteiger partial charge in [-0.25, -0.2) is 0 Å². The van der Waals surface area contributed by atoms with E-state index in [0.29, 0.717) is 0 Å². The van der Waals surface area contributed by atoms with Gasteiger partial charge in [-0.05, 0) is 0 Å². The SMILES string of the molecule is CCCCCCC[CH2][Sn]([CH2]CCCCCCC)([O]C)[O]C. The maximum absolute atomic E-state index is 5.93. The van der Waals surface area contributed by atoms with Crippen LogP contribution in [0.25, 0.3) is 0 Å². The van der Waals surface area contributed by atoms with Crippen LogP contribution in [-0.2, 0) is 6.15 Å². The summed E-state index contributed by atoms with van der Waals surface area (Å²) in [5.74, 6) is 0. The zero-order valence-electron chi connectivity index (χ0n) is 15.2. The molecule has 0 aromatic rings. The van der Waals surface area contributed by atoms with Gasteiger partial charge in [0.15, 0.2) is 0 Å². The fraction of sp³-hybridized carbons (Fsp3) is 1.00. The van der Waals surface area contributed by atoms with Crippen molar-refractivity contribution < 1.29 is 6.15 Å². The Balaban J connectivity index is 3.78. The van der Waals surface area contributed by atoms with Gasteiger partial charge in [-0.2, -0.15) is 0 Å². The molecule has 0 aromatic heterocycles. The second-order valence-corrected chi connectivity index (χ2v) is 16.7. The Morgan fingerprint density at radius 3 is 1.19 bits per heavy atom. The molecule has 0 heterocycles. The molecule has 0 amide bonds. The van der Waals surface area contributed by atoms with Gasteiger partial charge in [-0.1, -0.05) is 0 Å². The van der Waals surface area contributed by atoms with Gasteiger partial charge in [0.25, 0.3) is 0 Å². The normalized spacial score (nSPS) is 12.0. The van der Waals surface area contributed by atoms with Crippen molar-refractivity contribution in [3.8, 4) is 0 Å². The molecule has 0 rings (SSSR count). The van der Waals surface area contributed by atoms with Gasteiger partial charge >= 0.3 is 139 Å². The van der Waals surface area contributed by atoms with Gasteiger partial charge in [-0.15, -0.1) is 0 Å². The van der Waals surface area contributed by atoms with E-state index in [1.54, 1.807) is 0 Å². The Bertz CT molecular complexity index is 187. The molecule has 3 heteroatoms. The van der Waals surface area contributed by atoms with Crippen LogP contribution in [-0.4, -0.2) is 33.4 Å². The number of hydrogen-bond donors (Lipinski definition) is 0. The number of rotatable bonds is 16. The molecule has 0 saturated carbocycles. The Labute approximate surface area is 139 Å². The van der Waals surface area contributed by atoms with E-state index in [4.69, 9.17) is 6.15 Å². The van der Waals surface area contributed by atoms with Crippen LogP contribution in [0.4, 0.5) is 0 Å². The minimum absolute atomic E-state index is 1.25. The molecule has 0 fully saturated rings.